The quantitative estimate of drug-likeness (QED) is 0.0922. The number of nitro groups is 1. The Morgan fingerprint density at radius 3 is 2.28 bits per heavy atom. The zero-order chi connectivity index (χ0) is 20.6. The molecule has 0 aliphatic carbocycles. The lowest BCUT2D eigenvalue weighted by Crippen LogP contribution is -2.11. The molecule has 3 aromatic rings. The third kappa shape index (κ3) is 4.88. The number of ether oxygens (including phenoxy) is 1. The number of nitrogens with zero attached hydrogens (tertiary/aromatic N) is 3. The smallest absolute Gasteiger partial charge is 0.336 e. The fourth-order valence-corrected chi connectivity index (χ4v) is 2.63. The van der Waals surface area contributed by atoms with Gasteiger partial charge in [0, 0.05) is 18.2 Å². The molecule has 7 heteroatoms. The maximum absolute atomic E-state index is 12.2. The van der Waals surface area contributed by atoms with Gasteiger partial charge in [-0.2, -0.15) is 4.79 Å². The Morgan fingerprint density at radius 2 is 1.62 bits per heavy atom. The van der Waals surface area contributed by atoms with Gasteiger partial charge >= 0.3 is 11.7 Å². The van der Waals surface area contributed by atoms with E-state index >= 15 is 0 Å². The number of carbonyl (C=O) groups excluding carboxylic acids is 1. The first-order valence-corrected chi connectivity index (χ1v) is 8.59. The molecule has 0 N–H and O–H groups in total. The Bertz CT molecular complexity index is 1120. The van der Waals surface area contributed by atoms with Crippen LogP contribution in [0.15, 0.2) is 84.9 Å². The molecular weight excluding hydrogens is 370 g/mol. The molecule has 29 heavy (non-hydrogen) atoms. The van der Waals surface area contributed by atoms with Gasteiger partial charge in [0.15, 0.2) is 0 Å². The summed E-state index contributed by atoms with van der Waals surface area (Å²) in [5.41, 5.74) is 11.5. The third-order valence-electron chi connectivity index (χ3n) is 4.02. The number of non-ortho nitro benzene ring substituents is 1. The van der Waals surface area contributed by atoms with E-state index in [1.54, 1.807) is 36.4 Å². The lowest BCUT2D eigenvalue weighted by atomic mass is 10.0. The minimum absolute atomic E-state index is 0.0321. The van der Waals surface area contributed by atoms with Crippen LogP contribution >= 0.6 is 0 Å². The molecule has 3 rings (SSSR count). The summed E-state index contributed by atoms with van der Waals surface area (Å²) in [6, 6.07) is 21.5. The van der Waals surface area contributed by atoms with Crippen molar-refractivity contribution < 1.29 is 19.2 Å². The van der Waals surface area contributed by atoms with Gasteiger partial charge in [-0.3, -0.25) is 10.1 Å². The van der Waals surface area contributed by atoms with Crippen LogP contribution in [0, 0.1) is 10.1 Å². The second-order valence-corrected chi connectivity index (χ2v) is 5.91. The normalized spacial score (nSPS) is 10.3. The van der Waals surface area contributed by atoms with Crippen LogP contribution in [0.25, 0.3) is 11.6 Å². The summed E-state index contributed by atoms with van der Waals surface area (Å²) in [6.45, 7) is 0. The highest BCUT2D eigenvalue weighted by Gasteiger charge is 2.20. The van der Waals surface area contributed by atoms with Crippen LogP contribution in [0.5, 0.6) is 5.75 Å². The molecule has 0 aliphatic rings. The van der Waals surface area contributed by atoms with Crippen molar-refractivity contribution >= 4 is 23.4 Å². The van der Waals surface area contributed by atoms with Gasteiger partial charge < -0.3 is 10.3 Å². The summed E-state index contributed by atoms with van der Waals surface area (Å²) in [7, 11) is 0. The summed E-state index contributed by atoms with van der Waals surface area (Å²) in [5, 5.41) is 10.7. The molecule has 0 saturated heterocycles. The number of hydrogen-bond acceptors (Lipinski definition) is 4. The van der Waals surface area contributed by atoms with E-state index in [1.165, 1.54) is 36.4 Å². The maximum Gasteiger partial charge on any atom is 0.336 e. The lowest BCUT2D eigenvalue weighted by Gasteiger charge is -2.06. The van der Waals surface area contributed by atoms with E-state index in [4.69, 9.17) is 4.74 Å². The summed E-state index contributed by atoms with van der Waals surface area (Å²) >= 11 is 0. The second-order valence-electron chi connectivity index (χ2n) is 5.91. The highest BCUT2D eigenvalue weighted by molar-refractivity contribution is 6.11. The largest absolute Gasteiger partial charge is 0.422 e. The molecule has 0 spiro atoms. The Hall–Kier alpha value is -4.35. The molecule has 0 fully saturated rings. The number of benzene rings is 3. The SMILES string of the molecule is [N-]=[N+]=C(c1ccccc1)c1ccccc1OC(=O)/C=C/c1ccc([N+](=O)[O-])cc1. The molecule has 0 heterocycles. The summed E-state index contributed by atoms with van der Waals surface area (Å²) < 4.78 is 5.41. The Kier molecular flexibility index (Phi) is 6.05. The molecule has 0 aliphatic heterocycles. The fraction of sp³-hybridized carbons (Fsp3) is 0. The van der Waals surface area contributed by atoms with Gasteiger partial charge in [0.1, 0.15) is 11.3 Å². The van der Waals surface area contributed by atoms with Crippen LogP contribution in [0.1, 0.15) is 16.7 Å². The average Bonchev–Trinajstić information content (AvgIpc) is 2.75. The first-order valence-electron chi connectivity index (χ1n) is 8.59. The number of hydrogen-bond donors (Lipinski definition) is 0. The van der Waals surface area contributed by atoms with Gasteiger partial charge in [0.2, 0.25) is 0 Å². The molecule has 0 bridgehead atoms. The van der Waals surface area contributed by atoms with Gasteiger partial charge in [-0.15, -0.1) is 0 Å². The molecule has 7 nitrogen and oxygen atoms in total. The van der Waals surface area contributed by atoms with E-state index in [1.807, 2.05) is 18.2 Å². The van der Waals surface area contributed by atoms with E-state index in [0.717, 1.165) is 0 Å². The number of rotatable bonds is 6. The van der Waals surface area contributed by atoms with Crippen molar-refractivity contribution in [2.45, 2.75) is 0 Å². The lowest BCUT2D eigenvalue weighted by molar-refractivity contribution is -0.384. The van der Waals surface area contributed by atoms with Crippen molar-refractivity contribution in [1.82, 2.24) is 0 Å². The molecule has 0 unspecified atom stereocenters. The molecule has 142 valence electrons. The second kappa shape index (κ2) is 9.03. The van der Waals surface area contributed by atoms with E-state index in [9.17, 15) is 20.4 Å². The summed E-state index contributed by atoms with van der Waals surface area (Å²) in [6.07, 6.45) is 2.71. The van der Waals surface area contributed by atoms with Crippen LogP contribution in [0.4, 0.5) is 5.69 Å². The van der Waals surface area contributed by atoms with Crippen molar-refractivity contribution in [3.05, 3.63) is 117 Å². The Labute approximate surface area is 166 Å². The number of esters is 1. The maximum atomic E-state index is 12.2. The third-order valence-corrected chi connectivity index (χ3v) is 4.02. The van der Waals surface area contributed by atoms with E-state index in [0.29, 0.717) is 16.7 Å². The predicted octanol–water partition coefficient (Wildman–Crippen LogP) is 4.28. The van der Waals surface area contributed by atoms with E-state index in [-0.39, 0.29) is 17.1 Å². The summed E-state index contributed by atoms with van der Waals surface area (Å²) in [5.74, 6) is -0.399. The predicted molar refractivity (Wildman–Crippen MR) is 107 cm³/mol. The number of nitro benzene ring substituents is 1. The molecule has 0 aromatic heterocycles. The van der Waals surface area contributed by atoms with E-state index < -0.39 is 10.9 Å². The fourth-order valence-electron chi connectivity index (χ4n) is 2.63. The number of carbonyl (C=O) groups is 1. The highest BCUT2D eigenvalue weighted by Crippen LogP contribution is 2.22. The summed E-state index contributed by atoms with van der Waals surface area (Å²) in [4.78, 5) is 25.8. The molecule has 3 aromatic carbocycles. The highest BCUT2D eigenvalue weighted by atomic mass is 16.6. The van der Waals surface area contributed by atoms with Crippen LogP contribution in [-0.2, 0) is 4.79 Å². The van der Waals surface area contributed by atoms with Crippen molar-refractivity contribution in [3.8, 4) is 5.75 Å². The first-order chi connectivity index (χ1) is 14.1. The topological polar surface area (TPSA) is 106 Å². The van der Waals surface area contributed by atoms with Crippen LogP contribution in [-0.4, -0.2) is 21.4 Å². The van der Waals surface area contributed by atoms with Gasteiger partial charge in [0.05, 0.1) is 10.5 Å². The average molecular weight is 385 g/mol. The monoisotopic (exact) mass is 385 g/mol. The molecule has 0 atom stereocenters. The van der Waals surface area contributed by atoms with E-state index in [2.05, 4.69) is 4.79 Å². The van der Waals surface area contributed by atoms with Gasteiger partial charge in [0.25, 0.3) is 5.69 Å². The minimum Gasteiger partial charge on any atom is -0.422 e. The molecule has 0 radical (unpaired) electrons. The Balaban J connectivity index is 1.79. The zero-order valence-electron chi connectivity index (χ0n) is 15.1. The van der Waals surface area contributed by atoms with Crippen LogP contribution in [0.3, 0.4) is 0 Å². The molecule has 0 saturated carbocycles. The van der Waals surface area contributed by atoms with Crippen molar-refractivity contribution in [2.24, 2.45) is 0 Å². The Morgan fingerprint density at radius 1 is 0.966 bits per heavy atom. The van der Waals surface area contributed by atoms with Gasteiger partial charge in [-0.05, 0) is 48.0 Å². The van der Waals surface area contributed by atoms with Crippen LogP contribution < -0.4 is 4.74 Å². The first kappa shape index (κ1) is 19.4. The van der Waals surface area contributed by atoms with Crippen molar-refractivity contribution in [1.29, 1.82) is 0 Å². The standard InChI is InChI=1S/C22H15N3O4/c23-24-22(17-6-2-1-3-7-17)19-8-4-5-9-20(19)29-21(26)15-12-16-10-13-18(14-11-16)25(27)28/h1-15H/b15-12+. The van der Waals surface area contributed by atoms with Gasteiger partial charge in [-0.25, -0.2) is 4.79 Å². The van der Waals surface area contributed by atoms with Gasteiger partial charge in [-0.1, -0.05) is 30.3 Å². The molecule has 0 amide bonds. The van der Waals surface area contributed by atoms with Crippen molar-refractivity contribution in [3.63, 3.8) is 0 Å². The molecular formula is C22H15N3O4. The zero-order valence-corrected chi connectivity index (χ0v) is 15.1. The number of para-hydroxylation sites is 1. The minimum atomic E-state index is -0.638. The van der Waals surface area contributed by atoms with Crippen molar-refractivity contribution in [2.75, 3.05) is 0 Å². The van der Waals surface area contributed by atoms with Crippen LogP contribution in [0.2, 0.25) is 0 Å².